The minimum Gasteiger partial charge on any atom is -0.481 e. The van der Waals surface area contributed by atoms with E-state index in [1.807, 2.05) is 6.07 Å². The Morgan fingerprint density at radius 1 is 1.32 bits per heavy atom. The predicted octanol–water partition coefficient (Wildman–Crippen LogP) is 0.915. The second kappa shape index (κ2) is 6.40. The summed E-state index contributed by atoms with van der Waals surface area (Å²) in [7, 11) is 0. The molecule has 100 valence electrons. The Morgan fingerprint density at radius 2 is 1.89 bits per heavy atom. The van der Waals surface area contributed by atoms with Crippen LogP contribution in [0.3, 0.4) is 0 Å². The summed E-state index contributed by atoms with van der Waals surface area (Å²) in [5.74, 6) is -1.19. The summed E-state index contributed by atoms with van der Waals surface area (Å²) in [6.07, 6.45) is -0.824. The number of hydrogen-bond donors (Lipinski definition) is 2. The Bertz CT molecular complexity index is 504. The van der Waals surface area contributed by atoms with Crippen molar-refractivity contribution in [2.45, 2.75) is 26.0 Å². The molecule has 1 aromatic carbocycles. The molecule has 0 saturated carbocycles. The van der Waals surface area contributed by atoms with Gasteiger partial charge < -0.3 is 15.2 Å². The number of benzene rings is 1. The fraction of sp³-hybridized carbons (Fsp3) is 0.308. The number of aliphatic carboxylic acids is 1. The van der Waals surface area contributed by atoms with Crippen molar-refractivity contribution in [2.75, 3.05) is 0 Å². The summed E-state index contributed by atoms with van der Waals surface area (Å²) in [5.41, 5.74) is 0.490. The standard InChI is InChI=1S/C13H14N2O4/c1-8(13(17)18)15-12(16)9(2)19-11-5-3-10(7-14)4-6-11/h3-6,8-9H,1-2H3,(H,15,16)(H,17,18)/t8-,9?/m0/s1. The van der Waals surface area contributed by atoms with Crippen LogP contribution in [0.2, 0.25) is 0 Å². The van der Waals surface area contributed by atoms with Gasteiger partial charge in [0.25, 0.3) is 5.91 Å². The maximum Gasteiger partial charge on any atom is 0.325 e. The largest absolute Gasteiger partial charge is 0.481 e. The van der Waals surface area contributed by atoms with Gasteiger partial charge in [-0.2, -0.15) is 5.26 Å². The van der Waals surface area contributed by atoms with E-state index in [2.05, 4.69) is 5.32 Å². The number of nitrogens with one attached hydrogen (secondary N) is 1. The maximum absolute atomic E-state index is 11.6. The molecule has 2 N–H and O–H groups in total. The van der Waals surface area contributed by atoms with Crippen LogP contribution in [0.4, 0.5) is 0 Å². The van der Waals surface area contributed by atoms with Gasteiger partial charge >= 0.3 is 5.97 Å². The lowest BCUT2D eigenvalue weighted by atomic mass is 10.2. The van der Waals surface area contributed by atoms with E-state index in [0.717, 1.165) is 0 Å². The Hall–Kier alpha value is -2.55. The van der Waals surface area contributed by atoms with Gasteiger partial charge in [0.2, 0.25) is 0 Å². The van der Waals surface area contributed by atoms with Crippen LogP contribution >= 0.6 is 0 Å². The van der Waals surface area contributed by atoms with E-state index < -0.39 is 24.0 Å². The number of nitrogens with zero attached hydrogens (tertiary/aromatic N) is 1. The molecule has 6 nitrogen and oxygen atoms in total. The van der Waals surface area contributed by atoms with E-state index in [-0.39, 0.29) is 0 Å². The molecule has 0 heterocycles. The van der Waals surface area contributed by atoms with Crippen LogP contribution < -0.4 is 10.1 Å². The molecule has 6 heteroatoms. The highest BCUT2D eigenvalue weighted by molar-refractivity contribution is 5.86. The van der Waals surface area contributed by atoms with Crippen LogP contribution in [0.1, 0.15) is 19.4 Å². The molecule has 0 saturated heterocycles. The van der Waals surface area contributed by atoms with Gasteiger partial charge in [-0.25, -0.2) is 0 Å². The Kier molecular flexibility index (Phi) is 4.89. The van der Waals surface area contributed by atoms with E-state index in [4.69, 9.17) is 15.1 Å². The minimum absolute atomic E-state index is 0.435. The number of carbonyl (C=O) groups excluding carboxylic acids is 1. The zero-order valence-corrected chi connectivity index (χ0v) is 10.6. The van der Waals surface area contributed by atoms with Crippen molar-refractivity contribution in [1.82, 2.24) is 5.32 Å². The molecule has 2 atom stereocenters. The van der Waals surface area contributed by atoms with Crippen molar-refractivity contribution in [1.29, 1.82) is 5.26 Å². The van der Waals surface area contributed by atoms with E-state index in [1.165, 1.54) is 13.8 Å². The molecular weight excluding hydrogens is 248 g/mol. The molecule has 0 radical (unpaired) electrons. The molecule has 0 bridgehead atoms. The van der Waals surface area contributed by atoms with Crippen molar-refractivity contribution < 1.29 is 19.4 Å². The van der Waals surface area contributed by atoms with Crippen molar-refractivity contribution in [3.05, 3.63) is 29.8 Å². The van der Waals surface area contributed by atoms with Crippen molar-refractivity contribution >= 4 is 11.9 Å². The van der Waals surface area contributed by atoms with Gasteiger partial charge in [-0.3, -0.25) is 9.59 Å². The highest BCUT2D eigenvalue weighted by Crippen LogP contribution is 2.13. The molecule has 1 rings (SSSR count). The first-order valence-corrected chi connectivity index (χ1v) is 5.64. The van der Waals surface area contributed by atoms with E-state index in [1.54, 1.807) is 24.3 Å². The first-order valence-electron chi connectivity index (χ1n) is 5.64. The third-order valence-corrected chi connectivity index (χ3v) is 2.39. The molecule has 0 aliphatic heterocycles. The van der Waals surface area contributed by atoms with Crippen molar-refractivity contribution in [3.8, 4) is 11.8 Å². The van der Waals surface area contributed by atoms with E-state index in [9.17, 15) is 9.59 Å². The molecule has 0 aliphatic rings. The third kappa shape index (κ3) is 4.32. The zero-order chi connectivity index (χ0) is 14.4. The lowest BCUT2D eigenvalue weighted by molar-refractivity contribution is -0.142. The molecule has 1 aromatic rings. The molecule has 0 fully saturated rings. The predicted molar refractivity (Wildman–Crippen MR) is 66.5 cm³/mol. The van der Waals surface area contributed by atoms with Gasteiger partial charge in [-0.15, -0.1) is 0 Å². The van der Waals surface area contributed by atoms with Crippen LogP contribution in [0, 0.1) is 11.3 Å². The number of carboxylic acid groups (broad SMARTS) is 1. The zero-order valence-electron chi connectivity index (χ0n) is 10.6. The summed E-state index contributed by atoms with van der Waals surface area (Å²) < 4.78 is 5.34. The summed E-state index contributed by atoms with van der Waals surface area (Å²) in [5, 5.41) is 19.6. The fourth-order valence-corrected chi connectivity index (χ4v) is 1.26. The average Bonchev–Trinajstić information content (AvgIpc) is 2.39. The van der Waals surface area contributed by atoms with Crippen LogP contribution in [0.5, 0.6) is 5.75 Å². The van der Waals surface area contributed by atoms with Crippen LogP contribution in [-0.4, -0.2) is 29.1 Å². The summed E-state index contributed by atoms with van der Waals surface area (Å²) in [4.78, 5) is 22.2. The van der Waals surface area contributed by atoms with Crippen LogP contribution in [-0.2, 0) is 9.59 Å². The lowest BCUT2D eigenvalue weighted by Crippen LogP contribution is -2.44. The SMILES string of the molecule is CC(Oc1ccc(C#N)cc1)C(=O)N[C@@H](C)C(=O)O. The molecule has 0 aliphatic carbocycles. The molecule has 19 heavy (non-hydrogen) atoms. The second-order valence-electron chi connectivity index (χ2n) is 3.96. The van der Waals surface area contributed by atoms with Gasteiger partial charge in [-0.05, 0) is 38.1 Å². The topological polar surface area (TPSA) is 99.4 Å². The number of amides is 1. The third-order valence-electron chi connectivity index (χ3n) is 2.39. The van der Waals surface area contributed by atoms with Gasteiger partial charge in [0.15, 0.2) is 6.10 Å². The van der Waals surface area contributed by atoms with E-state index in [0.29, 0.717) is 11.3 Å². The van der Waals surface area contributed by atoms with Gasteiger partial charge in [-0.1, -0.05) is 0 Å². The maximum atomic E-state index is 11.6. The number of ether oxygens (including phenoxy) is 1. The number of carbonyl (C=O) groups is 2. The lowest BCUT2D eigenvalue weighted by Gasteiger charge is -2.16. The Morgan fingerprint density at radius 3 is 2.37 bits per heavy atom. The minimum atomic E-state index is -1.11. The molecule has 0 aromatic heterocycles. The van der Waals surface area contributed by atoms with Gasteiger partial charge in [0.05, 0.1) is 11.6 Å². The Balaban J connectivity index is 2.58. The molecular formula is C13H14N2O4. The number of carboxylic acids is 1. The fourth-order valence-electron chi connectivity index (χ4n) is 1.26. The van der Waals surface area contributed by atoms with Gasteiger partial charge in [0, 0.05) is 0 Å². The molecule has 0 spiro atoms. The summed E-state index contributed by atoms with van der Waals surface area (Å²) >= 11 is 0. The average molecular weight is 262 g/mol. The number of hydrogen-bond acceptors (Lipinski definition) is 4. The van der Waals surface area contributed by atoms with Crippen molar-refractivity contribution in [3.63, 3.8) is 0 Å². The van der Waals surface area contributed by atoms with Crippen LogP contribution in [0.25, 0.3) is 0 Å². The Labute approximate surface area is 110 Å². The summed E-state index contributed by atoms with van der Waals surface area (Å²) in [6, 6.07) is 7.28. The highest BCUT2D eigenvalue weighted by atomic mass is 16.5. The van der Waals surface area contributed by atoms with Gasteiger partial charge in [0.1, 0.15) is 11.8 Å². The smallest absolute Gasteiger partial charge is 0.325 e. The molecule has 1 amide bonds. The molecule has 1 unspecified atom stereocenters. The van der Waals surface area contributed by atoms with Crippen LogP contribution in [0.15, 0.2) is 24.3 Å². The first kappa shape index (κ1) is 14.5. The number of nitriles is 1. The second-order valence-corrected chi connectivity index (χ2v) is 3.96. The monoisotopic (exact) mass is 262 g/mol. The normalized spacial score (nSPS) is 12.9. The number of rotatable bonds is 5. The highest BCUT2D eigenvalue weighted by Gasteiger charge is 2.20. The quantitative estimate of drug-likeness (QED) is 0.821. The summed E-state index contributed by atoms with van der Waals surface area (Å²) in [6.45, 7) is 2.89. The van der Waals surface area contributed by atoms with Crippen molar-refractivity contribution in [2.24, 2.45) is 0 Å². The first-order chi connectivity index (χ1) is 8.93. The van der Waals surface area contributed by atoms with E-state index >= 15 is 0 Å².